The largest absolute Gasteiger partial charge is 0.494 e. The molecule has 0 saturated carbocycles. The lowest BCUT2D eigenvalue weighted by molar-refractivity contribution is -0.116. The van der Waals surface area contributed by atoms with Crippen molar-refractivity contribution in [2.24, 2.45) is 10.1 Å². The van der Waals surface area contributed by atoms with Gasteiger partial charge in [0.15, 0.2) is 11.3 Å². The molecule has 0 aliphatic carbocycles. The van der Waals surface area contributed by atoms with Crippen molar-refractivity contribution in [1.82, 2.24) is 10.3 Å². The number of hydrogen-bond donors (Lipinski definition) is 1. The van der Waals surface area contributed by atoms with E-state index < -0.39 is 6.17 Å². The summed E-state index contributed by atoms with van der Waals surface area (Å²) in [4.78, 5) is 18.2. The lowest BCUT2D eigenvalue weighted by Crippen LogP contribution is -2.50. The molecule has 3 aromatic rings. The van der Waals surface area contributed by atoms with Gasteiger partial charge in [-0.2, -0.15) is 0 Å². The fourth-order valence-corrected chi connectivity index (χ4v) is 4.79. The minimum Gasteiger partial charge on any atom is -0.494 e. The number of nitrogens with one attached hydrogen (secondary N) is 1. The van der Waals surface area contributed by atoms with E-state index in [-0.39, 0.29) is 5.91 Å². The van der Waals surface area contributed by atoms with Gasteiger partial charge in [-0.05, 0) is 48.7 Å². The van der Waals surface area contributed by atoms with E-state index in [0.29, 0.717) is 23.2 Å². The summed E-state index contributed by atoms with van der Waals surface area (Å²) in [5.74, 6) is 1.39. The van der Waals surface area contributed by atoms with Crippen molar-refractivity contribution in [2.45, 2.75) is 25.8 Å². The van der Waals surface area contributed by atoms with Crippen LogP contribution in [0.3, 0.4) is 0 Å². The third-order valence-corrected chi connectivity index (χ3v) is 6.47. The molecule has 1 amide bonds. The van der Waals surface area contributed by atoms with Gasteiger partial charge in [0.2, 0.25) is 0 Å². The molecular weight excluding hydrogens is 432 g/mol. The van der Waals surface area contributed by atoms with Crippen LogP contribution in [0, 0.1) is 6.92 Å². The number of ether oxygens (including phenoxy) is 1. The molecule has 3 aromatic carbocycles. The number of carbonyl (C=O) groups is 1. The van der Waals surface area contributed by atoms with Gasteiger partial charge in [0, 0.05) is 11.0 Å². The minimum atomic E-state index is -0.442. The molecule has 2 aliphatic rings. The molecule has 2 aliphatic heterocycles. The molecule has 33 heavy (non-hydrogen) atoms. The van der Waals surface area contributed by atoms with Crippen LogP contribution >= 0.6 is 11.8 Å². The maximum absolute atomic E-state index is 13.3. The lowest BCUT2D eigenvalue weighted by atomic mass is 10.1. The molecule has 6 nitrogen and oxygen atoms in total. The molecule has 1 atom stereocenters. The van der Waals surface area contributed by atoms with E-state index in [2.05, 4.69) is 23.5 Å². The molecular formula is C26H24N4O2S. The molecule has 2 heterocycles. The number of amides is 1. The standard InChI is InChI=1S/C26H24N4O2S/c1-3-32-22-14-13-19(15-17(22)2)24-27-21-12-8-7-11-20(21)23-25(31)28-26(29-30(23)24)33-16-18-9-5-4-6-10-18/h4-15,24H,3,16H2,1-2H3,(H,28,29,31)/t24-/m1/s1. The third kappa shape index (κ3) is 4.24. The Hall–Kier alpha value is -3.58. The van der Waals surface area contributed by atoms with Crippen LogP contribution in [0.25, 0.3) is 5.70 Å². The van der Waals surface area contributed by atoms with Gasteiger partial charge in [-0.15, -0.1) is 5.10 Å². The van der Waals surface area contributed by atoms with E-state index in [9.17, 15) is 4.79 Å². The summed E-state index contributed by atoms with van der Waals surface area (Å²) in [6, 6.07) is 23.8. The van der Waals surface area contributed by atoms with Crippen LogP contribution in [-0.2, 0) is 10.5 Å². The average molecular weight is 457 g/mol. The Kier molecular flexibility index (Phi) is 5.88. The zero-order valence-electron chi connectivity index (χ0n) is 18.5. The maximum Gasteiger partial charge on any atom is 0.276 e. The van der Waals surface area contributed by atoms with Crippen molar-refractivity contribution >= 4 is 28.5 Å². The van der Waals surface area contributed by atoms with Crippen molar-refractivity contribution in [1.29, 1.82) is 0 Å². The van der Waals surface area contributed by atoms with Crippen LogP contribution in [0.15, 0.2) is 82.9 Å². The Bertz CT molecular complexity index is 1350. The number of benzene rings is 3. The predicted molar refractivity (Wildman–Crippen MR) is 131 cm³/mol. The number of carbonyl (C=O) groups excluding carboxylic acids is 1. The molecule has 7 heteroatoms. The second-order valence-corrected chi connectivity index (χ2v) is 8.77. The molecule has 0 aromatic heterocycles. The third-order valence-electron chi connectivity index (χ3n) is 5.53. The van der Waals surface area contributed by atoms with E-state index in [1.165, 1.54) is 17.3 Å². The van der Waals surface area contributed by atoms with Crippen molar-refractivity contribution < 1.29 is 9.53 Å². The van der Waals surface area contributed by atoms with Gasteiger partial charge < -0.3 is 4.74 Å². The van der Waals surface area contributed by atoms with Gasteiger partial charge in [0.25, 0.3) is 5.91 Å². The highest BCUT2D eigenvalue weighted by Crippen LogP contribution is 2.33. The first-order valence-electron chi connectivity index (χ1n) is 10.9. The number of nitrogens with zero attached hydrogens (tertiary/aromatic N) is 3. The van der Waals surface area contributed by atoms with Crippen molar-refractivity contribution in [3.05, 3.63) is 100 Å². The topological polar surface area (TPSA) is 66.3 Å². The fraction of sp³-hybridized carbons (Fsp3) is 0.192. The number of hydrogen-bond acceptors (Lipinski definition) is 6. The fourth-order valence-electron chi connectivity index (χ4n) is 3.99. The van der Waals surface area contributed by atoms with Crippen LogP contribution in [0.2, 0.25) is 0 Å². The Morgan fingerprint density at radius 3 is 2.64 bits per heavy atom. The van der Waals surface area contributed by atoms with Crippen LogP contribution < -0.4 is 20.6 Å². The number of fused-ring (bicyclic) bond motifs is 2. The van der Waals surface area contributed by atoms with Gasteiger partial charge in [-0.25, -0.2) is 5.01 Å². The zero-order valence-corrected chi connectivity index (χ0v) is 19.3. The maximum atomic E-state index is 13.3. The van der Waals surface area contributed by atoms with E-state index >= 15 is 0 Å². The second kappa shape index (κ2) is 9.11. The Labute approximate surface area is 196 Å². The predicted octanol–water partition coefficient (Wildman–Crippen LogP) is 3.47. The van der Waals surface area contributed by atoms with Gasteiger partial charge in [-0.1, -0.05) is 66.4 Å². The smallest absolute Gasteiger partial charge is 0.276 e. The molecule has 0 fully saturated rings. The summed E-state index contributed by atoms with van der Waals surface area (Å²) in [6.45, 7) is 4.60. The highest BCUT2D eigenvalue weighted by molar-refractivity contribution is 8.13. The zero-order chi connectivity index (χ0) is 22.8. The van der Waals surface area contributed by atoms with Crippen molar-refractivity contribution in [3.8, 4) is 5.75 Å². The lowest BCUT2D eigenvalue weighted by Gasteiger charge is -2.34. The minimum absolute atomic E-state index is 0.171. The van der Waals surface area contributed by atoms with Crippen molar-refractivity contribution in [2.75, 3.05) is 6.61 Å². The van der Waals surface area contributed by atoms with Crippen LogP contribution in [0.5, 0.6) is 5.75 Å². The summed E-state index contributed by atoms with van der Waals surface area (Å²) in [5.41, 5.74) is 3.66. The summed E-state index contributed by atoms with van der Waals surface area (Å²) < 4.78 is 5.71. The Balaban J connectivity index is 1.56. The van der Waals surface area contributed by atoms with Gasteiger partial charge >= 0.3 is 0 Å². The molecule has 1 N–H and O–H groups in total. The normalized spacial score (nSPS) is 16.8. The number of thioether (sulfide) groups is 1. The highest BCUT2D eigenvalue weighted by atomic mass is 32.2. The number of hydrazone groups is 1. The Morgan fingerprint density at radius 1 is 1.06 bits per heavy atom. The average Bonchev–Trinajstić information content (AvgIpc) is 2.84. The van der Waals surface area contributed by atoms with Gasteiger partial charge in [0.1, 0.15) is 11.4 Å². The molecule has 0 bridgehead atoms. The molecule has 0 radical (unpaired) electrons. The van der Waals surface area contributed by atoms with Crippen molar-refractivity contribution in [3.63, 3.8) is 0 Å². The summed E-state index contributed by atoms with van der Waals surface area (Å²) in [7, 11) is 0. The summed E-state index contributed by atoms with van der Waals surface area (Å²) >= 11 is 1.50. The van der Waals surface area contributed by atoms with Gasteiger partial charge in [-0.3, -0.25) is 15.1 Å². The molecule has 0 saturated heterocycles. The number of para-hydroxylation sites is 1. The number of aryl methyl sites for hydroxylation is 1. The van der Waals surface area contributed by atoms with E-state index in [1.807, 2.05) is 68.4 Å². The SMILES string of the molecule is CCOc1ccc([C@@H]2N=c3ccccc3=C3C(=O)NC(SCc4ccccc4)=NN32)cc1C. The van der Waals surface area contributed by atoms with Gasteiger partial charge in [0.05, 0.1) is 12.0 Å². The second-order valence-electron chi connectivity index (χ2n) is 7.80. The molecule has 5 rings (SSSR count). The first kappa shape index (κ1) is 21.3. The summed E-state index contributed by atoms with van der Waals surface area (Å²) in [6.07, 6.45) is -0.442. The number of amidine groups is 1. The number of rotatable bonds is 5. The monoisotopic (exact) mass is 456 g/mol. The Morgan fingerprint density at radius 2 is 1.85 bits per heavy atom. The first-order chi connectivity index (χ1) is 16.1. The summed E-state index contributed by atoms with van der Waals surface area (Å²) in [5, 5.41) is 11.7. The molecule has 0 spiro atoms. The molecule has 166 valence electrons. The van der Waals surface area contributed by atoms with E-state index in [4.69, 9.17) is 14.8 Å². The highest BCUT2D eigenvalue weighted by Gasteiger charge is 2.34. The van der Waals surface area contributed by atoms with Crippen LogP contribution in [0.1, 0.15) is 29.8 Å². The van der Waals surface area contributed by atoms with Crippen LogP contribution in [0.4, 0.5) is 0 Å². The van der Waals surface area contributed by atoms with E-state index in [0.717, 1.165) is 27.5 Å². The van der Waals surface area contributed by atoms with Crippen LogP contribution in [-0.4, -0.2) is 22.7 Å². The quantitative estimate of drug-likeness (QED) is 0.639. The van der Waals surface area contributed by atoms with E-state index in [1.54, 1.807) is 5.01 Å². The molecule has 0 unspecified atom stereocenters. The first-order valence-corrected chi connectivity index (χ1v) is 11.9.